The molecule has 0 bridgehead atoms. The smallest absolute Gasteiger partial charge is 0.325 e. The zero-order valence-corrected chi connectivity index (χ0v) is 9.51. The molecule has 0 radical (unpaired) electrons. The number of halogens is 1. The minimum Gasteiger partial charge on any atom is -0.428 e. The van der Waals surface area contributed by atoms with Gasteiger partial charge in [-0.2, -0.15) is 0 Å². The Morgan fingerprint density at radius 3 is 2.23 bits per heavy atom. The number of hydrogen-bond acceptors (Lipinski definition) is 4. The average Bonchev–Trinajstić information content (AvgIpc) is 2.02. The van der Waals surface area contributed by atoms with Crippen molar-refractivity contribution >= 4 is 27.9 Å². The van der Waals surface area contributed by atoms with Gasteiger partial charge in [-0.3, -0.25) is 9.59 Å². The van der Waals surface area contributed by atoms with Crippen LogP contribution in [0.5, 0.6) is 0 Å². The zero-order chi connectivity index (χ0) is 10.5. The van der Waals surface area contributed by atoms with E-state index in [0.29, 0.717) is 0 Å². The molecule has 0 saturated carbocycles. The topological polar surface area (TPSA) is 52.6 Å². The Balaban J connectivity index is 3.67. The first-order chi connectivity index (χ1) is 5.88. The summed E-state index contributed by atoms with van der Waals surface area (Å²) in [5.41, 5.74) is 0. The summed E-state index contributed by atoms with van der Waals surface area (Å²) in [6.07, 6.45) is 0.273. The molecular formula is C8H13BrO4. The van der Waals surface area contributed by atoms with Crippen molar-refractivity contribution in [2.24, 2.45) is 0 Å². The van der Waals surface area contributed by atoms with Gasteiger partial charge in [0, 0.05) is 6.42 Å². The summed E-state index contributed by atoms with van der Waals surface area (Å²) in [5.74, 6) is -0.850. The van der Waals surface area contributed by atoms with Gasteiger partial charge >= 0.3 is 11.9 Å². The largest absolute Gasteiger partial charge is 0.428 e. The maximum Gasteiger partial charge on any atom is 0.325 e. The van der Waals surface area contributed by atoms with E-state index < -0.39 is 10.3 Å². The fourth-order valence-corrected chi connectivity index (χ4v) is 0.537. The predicted molar refractivity (Wildman–Crippen MR) is 50.3 cm³/mol. The van der Waals surface area contributed by atoms with E-state index in [1.807, 2.05) is 0 Å². The quantitative estimate of drug-likeness (QED) is 0.434. The Labute approximate surface area is 85.7 Å². The van der Waals surface area contributed by atoms with Crippen LogP contribution >= 0.6 is 15.9 Å². The van der Waals surface area contributed by atoms with E-state index in [1.54, 1.807) is 20.8 Å². The first-order valence-corrected chi connectivity index (χ1v) is 4.69. The van der Waals surface area contributed by atoms with Crippen LogP contribution in [0.25, 0.3) is 0 Å². The zero-order valence-electron chi connectivity index (χ0n) is 7.93. The van der Waals surface area contributed by atoms with Gasteiger partial charge in [-0.15, -0.1) is 0 Å². The van der Waals surface area contributed by atoms with Crippen molar-refractivity contribution < 1.29 is 19.1 Å². The summed E-state index contributed by atoms with van der Waals surface area (Å²) >= 11 is 3.11. The van der Waals surface area contributed by atoms with Crippen molar-refractivity contribution in [2.45, 2.75) is 31.5 Å². The molecule has 5 heteroatoms. The van der Waals surface area contributed by atoms with Gasteiger partial charge in [-0.25, -0.2) is 0 Å². The Bertz CT molecular complexity index is 195. The minimum atomic E-state index is -0.744. The van der Waals surface area contributed by atoms with Crippen molar-refractivity contribution in [1.82, 2.24) is 0 Å². The van der Waals surface area contributed by atoms with Crippen molar-refractivity contribution in [3.8, 4) is 0 Å². The summed E-state index contributed by atoms with van der Waals surface area (Å²) < 4.78 is 8.46. The predicted octanol–water partition coefficient (Wildman–Crippen LogP) is 1.61. The third kappa shape index (κ3) is 5.63. The van der Waals surface area contributed by atoms with E-state index in [-0.39, 0.29) is 19.2 Å². The van der Waals surface area contributed by atoms with Crippen molar-refractivity contribution in [1.29, 1.82) is 0 Å². The first kappa shape index (κ1) is 12.4. The summed E-state index contributed by atoms with van der Waals surface area (Å²) in [6, 6.07) is 0. The van der Waals surface area contributed by atoms with Gasteiger partial charge in [0.15, 0.2) is 0 Å². The monoisotopic (exact) mass is 252 g/mol. The molecule has 0 aromatic carbocycles. The average molecular weight is 253 g/mol. The van der Waals surface area contributed by atoms with E-state index >= 15 is 0 Å². The van der Waals surface area contributed by atoms with Gasteiger partial charge in [0.05, 0.1) is 0 Å². The summed E-state index contributed by atoms with van der Waals surface area (Å²) in [6.45, 7) is 4.65. The van der Waals surface area contributed by atoms with Gasteiger partial charge in [0.25, 0.3) is 0 Å². The Morgan fingerprint density at radius 1 is 1.31 bits per heavy atom. The van der Waals surface area contributed by atoms with Crippen molar-refractivity contribution in [3.63, 3.8) is 0 Å². The van der Waals surface area contributed by atoms with E-state index in [4.69, 9.17) is 0 Å². The number of esters is 2. The third-order valence-electron chi connectivity index (χ3n) is 1.18. The molecule has 0 N–H and O–H groups in total. The molecule has 76 valence electrons. The van der Waals surface area contributed by atoms with Gasteiger partial charge in [-0.05, 0) is 13.8 Å². The highest BCUT2D eigenvalue weighted by molar-refractivity contribution is 9.10. The molecule has 0 amide bonds. The molecule has 0 unspecified atom stereocenters. The first-order valence-electron chi connectivity index (χ1n) is 3.89. The molecule has 0 heterocycles. The molecule has 0 atom stereocenters. The highest BCUT2D eigenvalue weighted by Crippen LogP contribution is 2.17. The van der Waals surface area contributed by atoms with Crippen LogP contribution in [-0.2, 0) is 19.1 Å². The molecule has 0 rings (SSSR count). The van der Waals surface area contributed by atoms with E-state index in [1.165, 1.54) is 0 Å². The lowest BCUT2D eigenvalue weighted by molar-refractivity contribution is -0.168. The third-order valence-corrected chi connectivity index (χ3v) is 1.51. The standard InChI is InChI=1S/C8H13BrO4/c1-4-6(10)12-5-13-7(11)8(2,3)9/h4-5H2,1-3H3. The van der Waals surface area contributed by atoms with E-state index in [9.17, 15) is 9.59 Å². The van der Waals surface area contributed by atoms with E-state index in [2.05, 4.69) is 25.4 Å². The highest BCUT2D eigenvalue weighted by Gasteiger charge is 2.25. The minimum absolute atomic E-state index is 0.273. The number of hydrogen-bond donors (Lipinski definition) is 0. The summed E-state index contributed by atoms with van der Waals surface area (Å²) in [5, 5.41) is 0. The Morgan fingerprint density at radius 2 is 1.85 bits per heavy atom. The fraction of sp³-hybridized carbons (Fsp3) is 0.750. The summed E-state index contributed by atoms with van der Waals surface area (Å²) in [4.78, 5) is 21.7. The Hall–Kier alpha value is -0.580. The van der Waals surface area contributed by atoms with Gasteiger partial charge in [-0.1, -0.05) is 22.9 Å². The van der Waals surface area contributed by atoms with Crippen LogP contribution in [0, 0.1) is 0 Å². The van der Waals surface area contributed by atoms with E-state index in [0.717, 1.165) is 0 Å². The number of rotatable bonds is 4. The van der Waals surface area contributed by atoms with Gasteiger partial charge in [0.2, 0.25) is 6.79 Å². The lowest BCUT2D eigenvalue weighted by Gasteiger charge is -2.14. The van der Waals surface area contributed by atoms with Crippen LogP contribution in [-0.4, -0.2) is 23.1 Å². The lowest BCUT2D eigenvalue weighted by atomic mass is 10.2. The van der Waals surface area contributed by atoms with Crippen LogP contribution in [0.1, 0.15) is 27.2 Å². The molecule has 13 heavy (non-hydrogen) atoms. The fourth-order valence-electron chi connectivity index (χ4n) is 0.422. The van der Waals surface area contributed by atoms with Crippen LogP contribution in [0.3, 0.4) is 0 Å². The second kappa shape index (κ2) is 5.21. The molecule has 0 aliphatic carbocycles. The number of carbonyl (C=O) groups excluding carboxylic acids is 2. The number of alkyl halides is 1. The van der Waals surface area contributed by atoms with Crippen molar-refractivity contribution in [3.05, 3.63) is 0 Å². The second-order valence-electron chi connectivity index (χ2n) is 2.89. The highest BCUT2D eigenvalue weighted by atomic mass is 79.9. The van der Waals surface area contributed by atoms with Crippen LogP contribution < -0.4 is 0 Å². The molecule has 4 nitrogen and oxygen atoms in total. The number of ether oxygens (including phenoxy) is 2. The Kier molecular flexibility index (Phi) is 4.98. The maximum atomic E-state index is 11.1. The van der Waals surface area contributed by atoms with Crippen LogP contribution in [0.2, 0.25) is 0 Å². The molecule has 0 aromatic rings. The lowest BCUT2D eigenvalue weighted by Crippen LogP contribution is -2.27. The molecule has 0 saturated heterocycles. The molecule has 0 spiro atoms. The maximum absolute atomic E-state index is 11.1. The van der Waals surface area contributed by atoms with Gasteiger partial charge < -0.3 is 9.47 Å². The molecular weight excluding hydrogens is 240 g/mol. The van der Waals surface area contributed by atoms with Crippen LogP contribution in [0.4, 0.5) is 0 Å². The molecule has 0 aromatic heterocycles. The van der Waals surface area contributed by atoms with Crippen molar-refractivity contribution in [2.75, 3.05) is 6.79 Å². The number of carbonyl (C=O) groups is 2. The SMILES string of the molecule is CCC(=O)OCOC(=O)C(C)(C)Br. The normalized spacial score (nSPS) is 10.8. The summed E-state index contributed by atoms with van der Waals surface area (Å²) in [7, 11) is 0. The molecule has 0 fully saturated rings. The second-order valence-corrected chi connectivity index (χ2v) is 4.87. The molecule has 0 aliphatic rings. The van der Waals surface area contributed by atoms with Gasteiger partial charge in [0.1, 0.15) is 4.32 Å². The molecule has 0 aliphatic heterocycles. The van der Waals surface area contributed by atoms with Crippen LogP contribution in [0.15, 0.2) is 0 Å².